The molecule has 0 radical (unpaired) electrons. The molecule has 0 amide bonds. The molecule has 21 heavy (non-hydrogen) atoms. The Kier molecular flexibility index (Phi) is 6.25. The van der Waals surface area contributed by atoms with E-state index in [1.54, 1.807) is 5.56 Å². The van der Waals surface area contributed by atoms with E-state index in [2.05, 4.69) is 38.4 Å². The maximum atomic E-state index is 5.63. The van der Waals surface area contributed by atoms with Gasteiger partial charge in [0.15, 0.2) is 0 Å². The van der Waals surface area contributed by atoms with E-state index in [9.17, 15) is 0 Å². The summed E-state index contributed by atoms with van der Waals surface area (Å²) in [6, 6.07) is 9.47. The molecule has 0 bridgehead atoms. The first-order valence-electron chi connectivity index (χ1n) is 8.72. The lowest BCUT2D eigenvalue weighted by Crippen LogP contribution is -2.40. The molecule has 0 aliphatic heterocycles. The zero-order valence-corrected chi connectivity index (χ0v) is 14.0. The summed E-state index contributed by atoms with van der Waals surface area (Å²) >= 11 is 0. The van der Waals surface area contributed by atoms with Gasteiger partial charge in [-0.3, -0.25) is 0 Å². The molecule has 0 atom stereocenters. The van der Waals surface area contributed by atoms with Crippen LogP contribution in [-0.4, -0.2) is 31.7 Å². The summed E-state index contributed by atoms with van der Waals surface area (Å²) < 4.78 is 1.03. The predicted molar refractivity (Wildman–Crippen MR) is 91.2 cm³/mol. The standard InChI is InChI=1S/C19H33N2/c1-21(2,15-7-14-20)16-17-10-12-19(13-11-17)18-8-5-3-4-6-9-18/h10-13,18H,3-9,14-16,20H2,1-2H3/q+1. The molecule has 2 rings (SSSR count). The Morgan fingerprint density at radius 2 is 1.62 bits per heavy atom. The van der Waals surface area contributed by atoms with Gasteiger partial charge in [0.1, 0.15) is 6.54 Å². The van der Waals surface area contributed by atoms with E-state index in [4.69, 9.17) is 5.73 Å². The Bertz CT molecular complexity index is 400. The second-order valence-corrected chi connectivity index (χ2v) is 7.39. The van der Waals surface area contributed by atoms with Crippen LogP contribution in [0.3, 0.4) is 0 Å². The molecular weight excluding hydrogens is 256 g/mol. The smallest absolute Gasteiger partial charge is 0.104 e. The van der Waals surface area contributed by atoms with Crippen molar-refractivity contribution in [3.8, 4) is 0 Å². The van der Waals surface area contributed by atoms with Gasteiger partial charge in [0.2, 0.25) is 0 Å². The van der Waals surface area contributed by atoms with Crippen LogP contribution in [0.2, 0.25) is 0 Å². The second-order valence-electron chi connectivity index (χ2n) is 7.39. The molecule has 2 nitrogen and oxygen atoms in total. The summed E-state index contributed by atoms with van der Waals surface area (Å²) in [7, 11) is 4.60. The number of nitrogens with zero attached hydrogens (tertiary/aromatic N) is 1. The van der Waals surface area contributed by atoms with Gasteiger partial charge in [0.05, 0.1) is 20.6 Å². The Hall–Kier alpha value is -0.860. The number of hydrogen-bond donors (Lipinski definition) is 1. The van der Waals surface area contributed by atoms with Crippen LogP contribution in [0.15, 0.2) is 24.3 Å². The van der Waals surface area contributed by atoms with Crippen LogP contribution >= 0.6 is 0 Å². The third-order valence-corrected chi connectivity index (χ3v) is 4.88. The number of hydrogen-bond acceptors (Lipinski definition) is 1. The van der Waals surface area contributed by atoms with Crippen LogP contribution < -0.4 is 5.73 Å². The van der Waals surface area contributed by atoms with E-state index >= 15 is 0 Å². The lowest BCUT2D eigenvalue weighted by molar-refractivity contribution is -0.903. The first kappa shape index (κ1) is 16.5. The molecule has 2 N–H and O–H groups in total. The summed E-state index contributed by atoms with van der Waals surface area (Å²) in [6.45, 7) is 3.05. The van der Waals surface area contributed by atoms with Crippen molar-refractivity contribution < 1.29 is 4.48 Å². The van der Waals surface area contributed by atoms with Gasteiger partial charge < -0.3 is 10.2 Å². The number of nitrogens with two attached hydrogens (primary N) is 1. The van der Waals surface area contributed by atoms with Gasteiger partial charge >= 0.3 is 0 Å². The molecule has 1 aliphatic carbocycles. The lowest BCUT2D eigenvalue weighted by Gasteiger charge is -2.30. The fourth-order valence-electron chi connectivity index (χ4n) is 3.60. The summed E-state index contributed by atoms with van der Waals surface area (Å²) in [5.74, 6) is 0.807. The molecule has 2 heteroatoms. The van der Waals surface area contributed by atoms with E-state index in [1.165, 1.54) is 44.1 Å². The minimum Gasteiger partial charge on any atom is -0.330 e. The van der Waals surface area contributed by atoms with Crippen molar-refractivity contribution in [3.05, 3.63) is 35.4 Å². The lowest BCUT2D eigenvalue weighted by atomic mass is 9.91. The molecule has 1 aromatic rings. The third kappa shape index (κ3) is 5.44. The molecule has 0 heterocycles. The Morgan fingerprint density at radius 3 is 2.19 bits per heavy atom. The molecular formula is C19H33N2+. The molecule has 0 aromatic heterocycles. The predicted octanol–water partition coefficient (Wildman–Crippen LogP) is 4.05. The SMILES string of the molecule is C[N+](C)(CCCN)Cc1ccc(C2CCCCCC2)cc1. The highest BCUT2D eigenvalue weighted by Gasteiger charge is 2.17. The fourth-order valence-corrected chi connectivity index (χ4v) is 3.60. The normalized spacial score (nSPS) is 17.7. The van der Waals surface area contributed by atoms with Crippen molar-refractivity contribution in [1.29, 1.82) is 0 Å². The minimum atomic E-state index is 0.794. The highest BCUT2D eigenvalue weighted by atomic mass is 15.3. The van der Waals surface area contributed by atoms with E-state index in [-0.39, 0.29) is 0 Å². The summed E-state index contributed by atoms with van der Waals surface area (Å²) in [5, 5.41) is 0. The molecule has 1 aliphatic rings. The quantitative estimate of drug-likeness (QED) is 0.620. The first-order valence-corrected chi connectivity index (χ1v) is 8.72. The van der Waals surface area contributed by atoms with Crippen LogP contribution in [0.4, 0.5) is 0 Å². The maximum Gasteiger partial charge on any atom is 0.104 e. The maximum absolute atomic E-state index is 5.63. The molecule has 0 unspecified atom stereocenters. The number of rotatable bonds is 6. The average Bonchev–Trinajstić information content (AvgIpc) is 2.75. The van der Waals surface area contributed by atoms with Gasteiger partial charge in [0.25, 0.3) is 0 Å². The summed E-state index contributed by atoms with van der Waals surface area (Å²) in [6.07, 6.45) is 9.57. The van der Waals surface area contributed by atoms with Gasteiger partial charge in [-0.25, -0.2) is 0 Å². The van der Waals surface area contributed by atoms with Crippen LogP contribution in [-0.2, 0) is 6.54 Å². The zero-order valence-electron chi connectivity index (χ0n) is 14.0. The van der Waals surface area contributed by atoms with E-state index in [0.29, 0.717) is 0 Å². The highest BCUT2D eigenvalue weighted by molar-refractivity contribution is 5.25. The average molecular weight is 289 g/mol. The van der Waals surface area contributed by atoms with Crippen molar-refractivity contribution >= 4 is 0 Å². The third-order valence-electron chi connectivity index (χ3n) is 4.88. The van der Waals surface area contributed by atoms with Gasteiger partial charge in [-0.2, -0.15) is 0 Å². The van der Waals surface area contributed by atoms with Crippen LogP contribution in [0.5, 0.6) is 0 Å². The first-order chi connectivity index (χ1) is 10.1. The van der Waals surface area contributed by atoms with Crippen molar-refractivity contribution in [1.82, 2.24) is 0 Å². The van der Waals surface area contributed by atoms with Gasteiger partial charge in [-0.05, 0) is 30.9 Å². The Labute approximate surface area is 130 Å². The van der Waals surface area contributed by atoms with E-state index in [0.717, 1.165) is 36.5 Å². The van der Waals surface area contributed by atoms with E-state index in [1.807, 2.05) is 0 Å². The van der Waals surface area contributed by atoms with Crippen molar-refractivity contribution in [2.75, 3.05) is 27.2 Å². The van der Waals surface area contributed by atoms with Crippen LogP contribution in [0.25, 0.3) is 0 Å². The van der Waals surface area contributed by atoms with Crippen molar-refractivity contribution in [2.45, 2.75) is 57.4 Å². The molecule has 0 spiro atoms. The topological polar surface area (TPSA) is 26.0 Å². The van der Waals surface area contributed by atoms with Crippen molar-refractivity contribution in [2.24, 2.45) is 5.73 Å². The van der Waals surface area contributed by atoms with Gasteiger partial charge in [-0.15, -0.1) is 0 Å². The highest BCUT2D eigenvalue weighted by Crippen LogP contribution is 2.31. The van der Waals surface area contributed by atoms with Gasteiger partial charge in [0, 0.05) is 12.0 Å². The van der Waals surface area contributed by atoms with E-state index < -0.39 is 0 Å². The Morgan fingerprint density at radius 1 is 1.00 bits per heavy atom. The monoisotopic (exact) mass is 289 g/mol. The minimum absolute atomic E-state index is 0.794. The van der Waals surface area contributed by atoms with Crippen molar-refractivity contribution in [3.63, 3.8) is 0 Å². The molecule has 1 fully saturated rings. The number of quaternary nitrogens is 1. The molecule has 118 valence electrons. The zero-order chi connectivity index (χ0) is 15.1. The van der Waals surface area contributed by atoms with Crippen LogP contribution in [0.1, 0.15) is 62.0 Å². The largest absolute Gasteiger partial charge is 0.330 e. The van der Waals surface area contributed by atoms with Gasteiger partial charge in [-0.1, -0.05) is 49.9 Å². The summed E-state index contributed by atoms with van der Waals surface area (Å²) in [5.41, 5.74) is 8.65. The molecule has 0 saturated heterocycles. The summed E-state index contributed by atoms with van der Waals surface area (Å²) in [4.78, 5) is 0. The fraction of sp³-hybridized carbons (Fsp3) is 0.684. The molecule has 1 saturated carbocycles. The second kappa shape index (κ2) is 7.95. The number of benzene rings is 1. The molecule has 1 aromatic carbocycles. The van der Waals surface area contributed by atoms with Crippen LogP contribution in [0, 0.1) is 0 Å². The Balaban J connectivity index is 1.94.